The minimum atomic E-state index is 0.168. The van der Waals surface area contributed by atoms with Crippen LogP contribution in [0.3, 0.4) is 0 Å². The lowest BCUT2D eigenvalue weighted by Gasteiger charge is -2.25. The van der Waals surface area contributed by atoms with Crippen LogP contribution in [0, 0.1) is 6.92 Å². The maximum Gasteiger partial charge on any atom is 0.224 e. The average Bonchev–Trinajstić information content (AvgIpc) is 2.69. The third-order valence-electron chi connectivity index (χ3n) is 2.78. The molecule has 2 heterocycles. The molecule has 0 aliphatic carbocycles. The molecule has 1 aromatic rings. The second-order valence-electron chi connectivity index (χ2n) is 3.82. The molecule has 5 heteroatoms. The van der Waals surface area contributed by atoms with E-state index in [1.807, 2.05) is 6.92 Å². The Bertz CT molecular complexity index is 359. The maximum atomic E-state index is 9.24. The standard InChI is InChI=1S/C10H14ClN3O/c1-7-5-12-10(11)13-9(7)14-4-2-3-8(14)6-15/h5,8,15H,2-4,6H2,1H3. The monoisotopic (exact) mass is 227 g/mol. The van der Waals surface area contributed by atoms with Crippen LogP contribution in [0.15, 0.2) is 6.20 Å². The molecule has 0 aromatic carbocycles. The Balaban J connectivity index is 2.31. The minimum Gasteiger partial charge on any atom is -0.394 e. The summed E-state index contributed by atoms with van der Waals surface area (Å²) in [6.45, 7) is 3.05. The molecular weight excluding hydrogens is 214 g/mol. The summed E-state index contributed by atoms with van der Waals surface area (Å²) in [6, 6.07) is 0.176. The first-order valence-electron chi connectivity index (χ1n) is 5.09. The highest BCUT2D eigenvalue weighted by molar-refractivity contribution is 6.28. The quantitative estimate of drug-likeness (QED) is 0.776. The van der Waals surface area contributed by atoms with Gasteiger partial charge in [-0.05, 0) is 31.4 Å². The van der Waals surface area contributed by atoms with Crippen molar-refractivity contribution in [2.75, 3.05) is 18.1 Å². The Morgan fingerprint density at radius 2 is 2.47 bits per heavy atom. The molecule has 1 fully saturated rings. The molecule has 0 amide bonds. The van der Waals surface area contributed by atoms with Crippen molar-refractivity contribution >= 4 is 17.4 Å². The fourth-order valence-electron chi connectivity index (χ4n) is 2.01. The predicted molar refractivity (Wildman–Crippen MR) is 59.2 cm³/mol. The zero-order valence-corrected chi connectivity index (χ0v) is 9.41. The first kappa shape index (κ1) is 10.6. The fraction of sp³-hybridized carbons (Fsp3) is 0.600. The molecule has 1 unspecified atom stereocenters. The molecule has 1 aromatic heterocycles. The van der Waals surface area contributed by atoms with Gasteiger partial charge in [0.1, 0.15) is 5.82 Å². The van der Waals surface area contributed by atoms with Gasteiger partial charge in [-0.15, -0.1) is 0 Å². The van der Waals surface area contributed by atoms with Gasteiger partial charge >= 0.3 is 0 Å². The summed E-state index contributed by atoms with van der Waals surface area (Å²) >= 11 is 5.77. The van der Waals surface area contributed by atoms with Crippen molar-refractivity contribution in [3.8, 4) is 0 Å². The van der Waals surface area contributed by atoms with E-state index in [0.29, 0.717) is 0 Å². The summed E-state index contributed by atoms with van der Waals surface area (Å²) in [5.41, 5.74) is 1.000. The molecule has 0 saturated carbocycles. The van der Waals surface area contributed by atoms with Crippen molar-refractivity contribution < 1.29 is 5.11 Å². The molecule has 1 aliphatic rings. The number of aromatic nitrogens is 2. The number of aryl methyl sites for hydroxylation is 1. The summed E-state index contributed by atoms with van der Waals surface area (Å²) in [5.74, 6) is 0.853. The van der Waals surface area contributed by atoms with E-state index in [0.717, 1.165) is 30.8 Å². The van der Waals surface area contributed by atoms with Crippen molar-refractivity contribution in [2.45, 2.75) is 25.8 Å². The van der Waals surface area contributed by atoms with E-state index < -0.39 is 0 Å². The Labute approximate surface area is 93.9 Å². The third kappa shape index (κ3) is 2.06. The SMILES string of the molecule is Cc1cnc(Cl)nc1N1CCCC1CO. The third-order valence-corrected chi connectivity index (χ3v) is 2.96. The van der Waals surface area contributed by atoms with Gasteiger partial charge in [-0.1, -0.05) is 0 Å². The maximum absolute atomic E-state index is 9.24. The Hall–Kier alpha value is -0.870. The van der Waals surface area contributed by atoms with E-state index in [4.69, 9.17) is 11.6 Å². The smallest absolute Gasteiger partial charge is 0.224 e. The van der Waals surface area contributed by atoms with Crippen molar-refractivity contribution in [2.24, 2.45) is 0 Å². The van der Waals surface area contributed by atoms with Crippen LogP contribution in [0.2, 0.25) is 5.28 Å². The summed E-state index contributed by atoms with van der Waals surface area (Å²) in [5, 5.41) is 9.50. The Morgan fingerprint density at radius 1 is 1.67 bits per heavy atom. The van der Waals surface area contributed by atoms with Gasteiger partial charge in [-0.3, -0.25) is 0 Å². The molecular formula is C10H14ClN3O. The number of halogens is 1. The van der Waals surface area contributed by atoms with Gasteiger partial charge < -0.3 is 10.0 Å². The number of anilines is 1. The van der Waals surface area contributed by atoms with Gasteiger partial charge in [0, 0.05) is 18.3 Å². The summed E-state index contributed by atoms with van der Waals surface area (Å²) < 4.78 is 0. The summed E-state index contributed by atoms with van der Waals surface area (Å²) in [7, 11) is 0. The number of aliphatic hydroxyl groups excluding tert-OH is 1. The van der Waals surface area contributed by atoms with Crippen LogP contribution < -0.4 is 4.90 Å². The molecule has 0 spiro atoms. The van der Waals surface area contributed by atoms with Crippen LogP contribution in [0.5, 0.6) is 0 Å². The summed E-state index contributed by atoms with van der Waals surface area (Å²) in [6.07, 6.45) is 3.82. The van der Waals surface area contributed by atoms with Gasteiger partial charge in [-0.2, -0.15) is 0 Å². The number of nitrogens with zero attached hydrogens (tertiary/aromatic N) is 3. The normalized spacial score (nSPS) is 21.0. The number of hydrogen-bond donors (Lipinski definition) is 1. The molecule has 1 aliphatic heterocycles. The number of aliphatic hydroxyl groups is 1. The van der Waals surface area contributed by atoms with Crippen LogP contribution in [0.25, 0.3) is 0 Å². The molecule has 1 atom stereocenters. The van der Waals surface area contributed by atoms with E-state index in [1.54, 1.807) is 6.20 Å². The van der Waals surface area contributed by atoms with Gasteiger partial charge in [0.2, 0.25) is 5.28 Å². The van der Waals surface area contributed by atoms with Gasteiger partial charge in [0.15, 0.2) is 0 Å². The lowest BCUT2D eigenvalue weighted by Crippen LogP contribution is -2.33. The molecule has 1 N–H and O–H groups in total. The lowest BCUT2D eigenvalue weighted by molar-refractivity contribution is 0.266. The van der Waals surface area contributed by atoms with Crippen LogP contribution in [-0.4, -0.2) is 34.3 Å². The highest BCUT2D eigenvalue weighted by Gasteiger charge is 2.26. The van der Waals surface area contributed by atoms with Gasteiger partial charge in [-0.25, -0.2) is 9.97 Å². The predicted octanol–water partition coefficient (Wildman–Crippen LogP) is 1.40. The van der Waals surface area contributed by atoms with Crippen LogP contribution in [-0.2, 0) is 0 Å². The molecule has 82 valence electrons. The van der Waals surface area contributed by atoms with Gasteiger partial charge in [0.05, 0.1) is 12.6 Å². The zero-order valence-electron chi connectivity index (χ0n) is 8.65. The van der Waals surface area contributed by atoms with E-state index in [2.05, 4.69) is 14.9 Å². The Morgan fingerprint density at radius 3 is 3.20 bits per heavy atom. The first-order chi connectivity index (χ1) is 7.22. The first-order valence-corrected chi connectivity index (χ1v) is 5.47. The number of hydrogen-bond acceptors (Lipinski definition) is 4. The molecule has 2 rings (SSSR count). The topological polar surface area (TPSA) is 49.2 Å². The highest BCUT2D eigenvalue weighted by atomic mass is 35.5. The second kappa shape index (κ2) is 4.33. The van der Waals surface area contributed by atoms with Crippen LogP contribution >= 0.6 is 11.6 Å². The fourth-order valence-corrected chi connectivity index (χ4v) is 2.14. The van der Waals surface area contributed by atoms with Crippen molar-refractivity contribution in [3.05, 3.63) is 17.0 Å². The summed E-state index contributed by atoms with van der Waals surface area (Å²) in [4.78, 5) is 10.3. The molecule has 1 saturated heterocycles. The van der Waals surface area contributed by atoms with Crippen molar-refractivity contribution in [1.29, 1.82) is 0 Å². The molecule has 15 heavy (non-hydrogen) atoms. The van der Waals surface area contributed by atoms with E-state index in [1.165, 1.54) is 0 Å². The largest absolute Gasteiger partial charge is 0.394 e. The van der Waals surface area contributed by atoms with Crippen molar-refractivity contribution in [3.63, 3.8) is 0 Å². The molecule has 0 radical (unpaired) electrons. The van der Waals surface area contributed by atoms with E-state index in [-0.39, 0.29) is 17.9 Å². The highest BCUT2D eigenvalue weighted by Crippen LogP contribution is 2.26. The number of rotatable bonds is 2. The average molecular weight is 228 g/mol. The molecule has 0 bridgehead atoms. The lowest BCUT2D eigenvalue weighted by atomic mass is 10.2. The van der Waals surface area contributed by atoms with Crippen molar-refractivity contribution in [1.82, 2.24) is 9.97 Å². The van der Waals surface area contributed by atoms with E-state index in [9.17, 15) is 5.11 Å². The second-order valence-corrected chi connectivity index (χ2v) is 4.16. The Kier molecular flexibility index (Phi) is 3.07. The zero-order chi connectivity index (χ0) is 10.8. The van der Waals surface area contributed by atoms with Crippen LogP contribution in [0.1, 0.15) is 18.4 Å². The minimum absolute atomic E-state index is 0.168. The van der Waals surface area contributed by atoms with E-state index >= 15 is 0 Å². The van der Waals surface area contributed by atoms with Crippen LogP contribution in [0.4, 0.5) is 5.82 Å². The van der Waals surface area contributed by atoms with Gasteiger partial charge in [0.25, 0.3) is 0 Å². The molecule has 4 nitrogen and oxygen atoms in total.